The van der Waals surface area contributed by atoms with Crippen molar-refractivity contribution < 1.29 is 102 Å². The maximum Gasteiger partial charge on any atom is 0.296 e. The number of aromatic hydroxyl groups is 2. The quantitative estimate of drug-likeness (QED) is 0.0428. The number of fused-ring (bicyclic) bond motifs is 3. The first-order valence-electron chi connectivity index (χ1n) is 26.7. The Hall–Kier alpha value is -6.61. The molecule has 0 aromatic heterocycles. The Bertz CT molecular complexity index is 3550. The molecule has 0 aliphatic carbocycles. The number of anilines is 2. The molecule has 0 saturated heterocycles. The minimum atomic E-state index is -4.67. The van der Waals surface area contributed by atoms with E-state index in [1.54, 1.807) is 103 Å². The summed E-state index contributed by atoms with van der Waals surface area (Å²) in [6, 6.07) is 53.2. The van der Waals surface area contributed by atoms with Gasteiger partial charge in [0.1, 0.15) is 21.2 Å². The Labute approximate surface area is 552 Å². The maximum absolute atomic E-state index is 11.9. The van der Waals surface area contributed by atoms with Crippen LogP contribution in [0, 0.1) is 26.0 Å². The van der Waals surface area contributed by atoms with Gasteiger partial charge in [0, 0.05) is 116 Å². The largest absolute Gasteiger partial charge is 0.505 e. The van der Waals surface area contributed by atoms with Gasteiger partial charge in [0.25, 0.3) is 20.2 Å². The van der Waals surface area contributed by atoms with Crippen molar-refractivity contribution in [2.45, 2.75) is 85.4 Å². The molecule has 6 N–H and O–H groups in total. The first-order valence-corrected chi connectivity index (χ1v) is 29.6. The van der Waals surface area contributed by atoms with Gasteiger partial charge in [0.2, 0.25) is 0 Å². The molecule has 18 nitrogen and oxygen atoms in total. The van der Waals surface area contributed by atoms with Gasteiger partial charge in [0.15, 0.2) is 11.5 Å². The molecule has 446 valence electrons. The van der Waals surface area contributed by atoms with E-state index in [-0.39, 0.29) is 76.8 Å². The van der Waals surface area contributed by atoms with Crippen LogP contribution < -0.4 is 10.6 Å². The molecule has 0 aliphatic heterocycles. The van der Waals surface area contributed by atoms with Crippen LogP contribution in [-0.2, 0) is 85.7 Å². The Morgan fingerprint density at radius 2 is 0.753 bits per heavy atom. The predicted molar refractivity (Wildman–Crippen MR) is 340 cm³/mol. The molecule has 22 heteroatoms. The molecule has 0 fully saturated rings. The minimum absolute atomic E-state index is 0. The number of aryl methyl sites for hydroxylation is 2. The van der Waals surface area contributed by atoms with Crippen molar-refractivity contribution in [1.82, 2.24) is 0 Å². The Balaban J connectivity index is 0.00000117. The molecule has 2 radical (unpaired) electrons. The van der Waals surface area contributed by atoms with Crippen LogP contribution >= 0.6 is 0 Å². The van der Waals surface area contributed by atoms with Gasteiger partial charge in [-0.2, -0.15) is 39.2 Å². The smallest absolute Gasteiger partial charge is 0.296 e. The minimum Gasteiger partial charge on any atom is -0.505 e. The third kappa shape index (κ3) is 24.7. The van der Waals surface area contributed by atoms with Gasteiger partial charge >= 0.3 is 0 Å². The number of nitrogens with one attached hydrogen (secondary N) is 2. The van der Waals surface area contributed by atoms with Gasteiger partial charge in [-0.3, -0.25) is 9.11 Å². The number of nitrogens with zero attached hydrogens (tertiary/aromatic N) is 8. The second-order valence-electron chi connectivity index (χ2n) is 16.4. The molecule has 0 heterocycles. The van der Waals surface area contributed by atoms with Gasteiger partial charge in [-0.1, -0.05) is 161 Å². The van der Waals surface area contributed by atoms with Gasteiger partial charge in [-0.15, -0.1) is 45.6 Å². The van der Waals surface area contributed by atoms with E-state index in [1.807, 2.05) is 77.9 Å². The number of benzene rings is 9. The van der Waals surface area contributed by atoms with Crippen LogP contribution in [0.4, 0.5) is 45.5 Å². The average Bonchev–Trinajstić information content (AvgIpc) is 2.61. The van der Waals surface area contributed by atoms with Gasteiger partial charge in [0.05, 0.1) is 0 Å². The Morgan fingerprint density at radius 3 is 1.01 bits per heavy atom. The third-order valence-electron chi connectivity index (χ3n) is 10.7. The second-order valence-corrected chi connectivity index (χ2v) is 19.2. The van der Waals surface area contributed by atoms with Crippen molar-refractivity contribution in [3.05, 3.63) is 181 Å². The monoisotopic (exact) mass is 1340 g/mol. The molecule has 0 unspecified atom stereocenters. The first kappa shape index (κ1) is 78.4. The number of hydrogen-bond donors (Lipinski definition) is 6. The van der Waals surface area contributed by atoms with Crippen LogP contribution in [0.1, 0.15) is 72.9 Å². The molecule has 0 spiro atoms. The zero-order chi connectivity index (χ0) is 62.1. The predicted octanol–water partition coefficient (Wildman–Crippen LogP) is 19.2. The summed E-state index contributed by atoms with van der Waals surface area (Å²) >= 11 is 0. The SMILES string of the molecule is CC.CC.CC.CCC.CN=Nc1c[c-]c(N=Nc2c(S(=O)(=O)O)cc3cc(NC)ccc3c2O)cc1C.CN=Nc1c[c-]c(N=Nc2c(S(=O)(=O)O)cc3cc(NC)ccc3c2O)cc1C.[Y].[Y].c1ccc2ccccc2c1.c1ccccc1. The van der Waals surface area contributed by atoms with E-state index in [0.717, 1.165) is 11.1 Å². The van der Waals surface area contributed by atoms with Crippen molar-refractivity contribution in [3.8, 4) is 11.5 Å². The van der Waals surface area contributed by atoms with E-state index in [9.17, 15) is 36.2 Å². The maximum atomic E-state index is 11.9. The average molecular weight is 1340 g/mol. The third-order valence-corrected chi connectivity index (χ3v) is 12.5. The Morgan fingerprint density at radius 1 is 0.447 bits per heavy atom. The van der Waals surface area contributed by atoms with Crippen LogP contribution in [0.2, 0.25) is 0 Å². The fourth-order valence-corrected chi connectivity index (χ4v) is 8.34. The summed E-state index contributed by atoms with van der Waals surface area (Å²) in [5.41, 5.74) is 4.04. The summed E-state index contributed by atoms with van der Waals surface area (Å²) < 4.78 is 66.8. The van der Waals surface area contributed by atoms with Crippen LogP contribution in [0.3, 0.4) is 0 Å². The zero-order valence-electron chi connectivity index (χ0n) is 50.7. The van der Waals surface area contributed by atoms with E-state index in [4.69, 9.17) is 0 Å². The van der Waals surface area contributed by atoms with Crippen LogP contribution in [-0.4, -0.2) is 64.3 Å². The first-order chi connectivity index (χ1) is 39.9. The molecule has 0 atom stereocenters. The van der Waals surface area contributed by atoms with Gasteiger partial charge in [-0.25, -0.2) is 20.5 Å². The Kier molecular flexibility index (Phi) is 38.2. The van der Waals surface area contributed by atoms with Gasteiger partial charge < -0.3 is 20.8 Å². The number of rotatable bonds is 10. The van der Waals surface area contributed by atoms with Crippen molar-refractivity contribution in [1.29, 1.82) is 0 Å². The van der Waals surface area contributed by atoms with Crippen molar-refractivity contribution in [2.75, 3.05) is 38.8 Å². The van der Waals surface area contributed by atoms with E-state index in [1.165, 1.54) is 29.3 Å². The summed E-state index contributed by atoms with van der Waals surface area (Å²) in [6.45, 7) is 19.8. The molecule has 0 amide bonds. The summed E-state index contributed by atoms with van der Waals surface area (Å²) in [5.74, 6) is -0.815. The molecule has 0 saturated carbocycles. The standard InChI is InChI=1S/2C19H18N5O4S.C10H8.C6H6.C3H8.3C2H6.2Y/c2*1-11-8-14(5-7-16(11)23-21-3)22-24-18-17(29(26,27)28)10-12-9-13(20-2)4-6-15(12)19(18)25;1-2-6-10-8-4-3-7-9(10)5-1;1-2-4-6-5-3-1;1-3-2;3*1-2;;/h2*4,6-10,20,25H,1-3H3,(H,26,27,28);1-8H;1-6H;3H2,1-2H3;3*1-2H3;;/q2*-1;;;;;;;;. The molecule has 0 bridgehead atoms. The van der Waals surface area contributed by atoms with E-state index < -0.39 is 41.5 Å². The summed E-state index contributed by atoms with van der Waals surface area (Å²) in [4.78, 5) is -1.10. The summed E-state index contributed by atoms with van der Waals surface area (Å²) in [7, 11) is -2.82. The number of phenolic OH excluding ortho intramolecular Hbond substituents is 2. The second kappa shape index (κ2) is 41.4. The van der Waals surface area contributed by atoms with Crippen LogP contribution in [0.15, 0.2) is 208 Å². The topological polar surface area (TPSA) is 272 Å². The van der Waals surface area contributed by atoms with E-state index in [0.29, 0.717) is 55.7 Å². The number of phenols is 2. The molecule has 85 heavy (non-hydrogen) atoms. The molecular weight excluding hydrogens is 1270 g/mol. The number of hydrogen-bond acceptors (Lipinski definition) is 16. The van der Waals surface area contributed by atoms with Crippen molar-refractivity contribution in [2.24, 2.45) is 40.9 Å². The van der Waals surface area contributed by atoms with Gasteiger partial charge in [-0.05, 0) is 92.8 Å². The molecule has 9 aromatic carbocycles. The van der Waals surface area contributed by atoms with E-state index in [2.05, 4.69) is 126 Å². The fourth-order valence-electron chi connectivity index (χ4n) is 7.03. The summed E-state index contributed by atoms with van der Waals surface area (Å²) in [6.07, 6.45) is 1.25. The van der Waals surface area contributed by atoms with Crippen LogP contribution in [0.25, 0.3) is 32.3 Å². The molecule has 9 aromatic rings. The molecule has 9 rings (SSSR count). The van der Waals surface area contributed by atoms with Crippen LogP contribution in [0.5, 0.6) is 11.5 Å². The normalized spacial score (nSPS) is 10.5. The fraction of sp³-hybridized carbons (Fsp3) is 0.238. The zero-order valence-corrected chi connectivity index (χ0v) is 58.0. The molecule has 0 aliphatic rings. The summed E-state index contributed by atoms with van der Waals surface area (Å²) in [5, 5.41) is 62.2. The van der Waals surface area contributed by atoms with Crippen molar-refractivity contribution >= 4 is 98.1 Å². The molecular formula is C63H76N10O8S2Y2-2. The van der Waals surface area contributed by atoms with Crippen molar-refractivity contribution in [3.63, 3.8) is 0 Å². The van der Waals surface area contributed by atoms with E-state index >= 15 is 0 Å². The number of azo groups is 4.